The lowest BCUT2D eigenvalue weighted by atomic mass is 9.79. The van der Waals surface area contributed by atoms with E-state index in [4.69, 9.17) is 19.0 Å². The van der Waals surface area contributed by atoms with Gasteiger partial charge in [0.2, 0.25) is 5.91 Å². The van der Waals surface area contributed by atoms with Gasteiger partial charge in [0.05, 0.1) is 35.4 Å². The smallest absolute Gasteiger partial charge is 0.453 e. The number of aromatic nitrogens is 2. The van der Waals surface area contributed by atoms with E-state index in [1.807, 2.05) is 64.6 Å². The van der Waals surface area contributed by atoms with Crippen LogP contribution in [0, 0.1) is 5.92 Å². The first-order chi connectivity index (χ1) is 16.5. The van der Waals surface area contributed by atoms with Gasteiger partial charge in [0.15, 0.2) is 0 Å². The number of hydrogen-bond donors (Lipinski definition) is 2. The van der Waals surface area contributed by atoms with Crippen molar-refractivity contribution in [2.45, 2.75) is 84.1 Å². The summed E-state index contributed by atoms with van der Waals surface area (Å²) in [6.45, 7) is 12.7. The molecule has 2 N–H and O–H groups in total. The highest BCUT2D eigenvalue weighted by molar-refractivity contribution is 6.62. The number of benzene rings is 1. The van der Waals surface area contributed by atoms with Gasteiger partial charge in [0.25, 0.3) is 0 Å². The van der Waals surface area contributed by atoms with Crippen LogP contribution >= 0.6 is 0 Å². The molecule has 10 heteroatoms. The highest BCUT2D eigenvalue weighted by Gasteiger charge is 2.51. The molecular weight excluding hydrogens is 447 g/mol. The molecule has 35 heavy (non-hydrogen) atoms. The Morgan fingerprint density at radius 1 is 1.29 bits per heavy atom. The summed E-state index contributed by atoms with van der Waals surface area (Å²) in [7, 11) is 0.847. The Labute approximate surface area is 207 Å². The second kappa shape index (κ2) is 9.46. The predicted molar refractivity (Wildman–Crippen MR) is 134 cm³/mol. The molecule has 2 fully saturated rings. The molecule has 3 atom stereocenters. The van der Waals surface area contributed by atoms with Crippen molar-refractivity contribution in [3.63, 3.8) is 0 Å². The van der Waals surface area contributed by atoms with Gasteiger partial charge in [-0.15, -0.1) is 0 Å². The molecule has 2 aliphatic rings. The number of rotatable bonds is 6. The highest BCUT2D eigenvalue weighted by atomic mass is 16.7. The summed E-state index contributed by atoms with van der Waals surface area (Å²) >= 11 is 0. The van der Waals surface area contributed by atoms with E-state index in [0.29, 0.717) is 6.54 Å². The molecule has 1 aromatic heterocycles. The highest BCUT2D eigenvalue weighted by Crippen LogP contribution is 2.37. The molecule has 0 spiro atoms. The van der Waals surface area contributed by atoms with Crippen molar-refractivity contribution < 1.29 is 23.6 Å². The fraction of sp³-hybridized carbons (Fsp3) is 0.640. The van der Waals surface area contributed by atoms with Crippen molar-refractivity contribution in [3.8, 4) is 0 Å². The number of imidazole rings is 1. The number of carbonyl (C=O) groups is 2. The third-order valence-corrected chi connectivity index (χ3v) is 7.84. The van der Waals surface area contributed by atoms with Gasteiger partial charge in [-0.1, -0.05) is 26.3 Å². The Morgan fingerprint density at radius 2 is 1.97 bits per heavy atom. The normalized spacial score (nSPS) is 22.9. The molecule has 9 nitrogen and oxygen atoms in total. The monoisotopic (exact) mass is 484 g/mol. The average molecular weight is 484 g/mol. The summed E-state index contributed by atoms with van der Waals surface area (Å²) in [5, 5.41) is 2.73. The maximum absolute atomic E-state index is 13.5. The van der Waals surface area contributed by atoms with Crippen LogP contribution in [0.1, 0.15) is 72.7 Å². The molecule has 3 heterocycles. The second-order valence-corrected chi connectivity index (χ2v) is 10.7. The minimum absolute atomic E-state index is 0.0269. The Kier molecular flexibility index (Phi) is 6.90. The summed E-state index contributed by atoms with van der Waals surface area (Å²) in [6.07, 6.45) is 1.84. The number of fused-ring (bicyclic) bond motifs is 1. The predicted octanol–water partition coefficient (Wildman–Crippen LogP) is 3.30. The average Bonchev–Trinajstić information content (AvgIpc) is 3.51. The number of aromatic amines is 1. The van der Waals surface area contributed by atoms with Crippen molar-refractivity contribution in [1.82, 2.24) is 20.2 Å². The summed E-state index contributed by atoms with van der Waals surface area (Å²) in [4.78, 5) is 35.5. The molecule has 2 aromatic rings. The van der Waals surface area contributed by atoms with Gasteiger partial charge in [-0.3, -0.25) is 4.79 Å². The number of hydrogen-bond acceptors (Lipinski definition) is 6. The lowest BCUT2D eigenvalue weighted by molar-refractivity contribution is -0.135. The van der Waals surface area contributed by atoms with E-state index in [1.54, 1.807) is 0 Å². The minimum atomic E-state index is -0.646. The summed E-state index contributed by atoms with van der Waals surface area (Å²) in [5.74, 6) is 0.615. The zero-order valence-corrected chi connectivity index (χ0v) is 21.8. The van der Waals surface area contributed by atoms with Gasteiger partial charge >= 0.3 is 13.2 Å². The SMILES string of the molecule is CC[C@H](C)[C@H](NC(=O)OC)C(=O)N1CCC[C@H]1c1nc2ccc(B3OC(C)(C)C(C)(C)O3)cc2[nH]1. The van der Waals surface area contributed by atoms with Gasteiger partial charge in [0.1, 0.15) is 11.9 Å². The number of methoxy groups -OCH3 is 1. The second-order valence-electron chi connectivity index (χ2n) is 10.7. The lowest BCUT2D eigenvalue weighted by Crippen LogP contribution is -2.51. The van der Waals surface area contributed by atoms with Crippen molar-refractivity contribution in [2.24, 2.45) is 5.92 Å². The number of alkyl carbamates (subject to hydrolysis) is 1. The van der Waals surface area contributed by atoms with E-state index in [1.165, 1.54) is 7.11 Å². The van der Waals surface area contributed by atoms with E-state index >= 15 is 0 Å². The van der Waals surface area contributed by atoms with Crippen LogP contribution in [0.15, 0.2) is 18.2 Å². The topological polar surface area (TPSA) is 106 Å². The quantitative estimate of drug-likeness (QED) is 0.610. The van der Waals surface area contributed by atoms with E-state index in [0.717, 1.165) is 41.6 Å². The maximum Gasteiger partial charge on any atom is 0.494 e. The Hall–Kier alpha value is -2.59. The number of likely N-dealkylation sites (tertiary alicyclic amines) is 1. The van der Waals surface area contributed by atoms with Crippen molar-refractivity contribution in [3.05, 3.63) is 24.0 Å². The summed E-state index contributed by atoms with van der Waals surface area (Å²) < 4.78 is 17.2. The van der Waals surface area contributed by atoms with Gasteiger partial charge in [-0.25, -0.2) is 9.78 Å². The maximum atomic E-state index is 13.5. The van der Waals surface area contributed by atoms with E-state index in [2.05, 4.69) is 10.3 Å². The largest absolute Gasteiger partial charge is 0.494 e. The van der Waals surface area contributed by atoms with Gasteiger partial charge in [0, 0.05) is 6.54 Å². The van der Waals surface area contributed by atoms with Crippen molar-refractivity contribution in [1.29, 1.82) is 0 Å². The van der Waals surface area contributed by atoms with Crippen LogP contribution < -0.4 is 10.8 Å². The van der Waals surface area contributed by atoms with Crippen molar-refractivity contribution >= 4 is 35.6 Å². The van der Waals surface area contributed by atoms with E-state index in [-0.39, 0.29) is 17.9 Å². The molecule has 1 aromatic carbocycles. The van der Waals surface area contributed by atoms with Crippen LogP contribution in [0.25, 0.3) is 11.0 Å². The van der Waals surface area contributed by atoms with Crippen LogP contribution in [-0.2, 0) is 18.8 Å². The number of amides is 2. The molecule has 190 valence electrons. The number of nitrogens with zero attached hydrogens (tertiary/aromatic N) is 2. The van der Waals surface area contributed by atoms with E-state index in [9.17, 15) is 9.59 Å². The molecule has 2 amide bonds. The van der Waals surface area contributed by atoms with E-state index < -0.39 is 30.5 Å². The Morgan fingerprint density at radius 3 is 2.60 bits per heavy atom. The molecule has 0 saturated carbocycles. The molecule has 0 radical (unpaired) electrons. The third kappa shape index (κ3) is 4.78. The fourth-order valence-corrected chi connectivity index (χ4v) is 4.69. The van der Waals surface area contributed by atoms with Crippen LogP contribution in [0.2, 0.25) is 0 Å². The number of carbonyl (C=O) groups excluding carboxylic acids is 2. The lowest BCUT2D eigenvalue weighted by Gasteiger charge is -2.32. The van der Waals surface area contributed by atoms with Crippen LogP contribution in [-0.4, -0.2) is 64.9 Å². The number of nitrogens with one attached hydrogen (secondary N) is 2. The summed E-state index contributed by atoms with van der Waals surface area (Å²) in [6, 6.07) is 5.12. The Balaban J connectivity index is 1.57. The fourth-order valence-electron chi connectivity index (χ4n) is 4.69. The first kappa shape index (κ1) is 25.5. The van der Waals surface area contributed by atoms with Crippen LogP contribution in [0.4, 0.5) is 4.79 Å². The zero-order valence-electron chi connectivity index (χ0n) is 21.8. The van der Waals surface area contributed by atoms with Gasteiger partial charge in [-0.05, 0) is 64.1 Å². The first-order valence-corrected chi connectivity index (χ1v) is 12.5. The number of H-pyrrole nitrogens is 1. The Bertz CT molecular complexity index is 1080. The molecule has 0 unspecified atom stereocenters. The third-order valence-electron chi connectivity index (χ3n) is 7.84. The molecule has 2 saturated heterocycles. The van der Waals surface area contributed by atoms with Crippen LogP contribution in [0.5, 0.6) is 0 Å². The van der Waals surface area contributed by atoms with Gasteiger partial charge < -0.3 is 29.2 Å². The molecule has 4 rings (SSSR count). The molecule has 0 aliphatic carbocycles. The molecule has 0 bridgehead atoms. The first-order valence-electron chi connectivity index (χ1n) is 12.5. The van der Waals surface area contributed by atoms with Crippen LogP contribution in [0.3, 0.4) is 0 Å². The minimum Gasteiger partial charge on any atom is -0.453 e. The molecule has 2 aliphatic heterocycles. The van der Waals surface area contributed by atoms with Crippen molar-refractivity contribution in [2.75, 3.05) is 13.7 Å². The zero-order chi connectivity index (χ0) is 25.5. The summed E-state index contributed by atoms with van der Waals surface area (Å²) in [5.41, 5.74) is 1.79. The molecular formula is C25H37BN4O5. The number of ether oxygens (including phenoxy) is 1. The van der Waals surface area contributed by atoms with Gasteiger partial charge in [-0.2, -0.15) is 0 Å². The standard InChI is InChI=1S/C25H37BN4O5/c1-8-15(2)20(29-23(32)33-7)22(31)30-13-9-10-19(30)21-27-17-12-11-16(14-18(17)28-21)26-34-24(3,4)25(5,6)35-26/h11-12,14-15,19-20H,8-10,13H2,1-7H3,(H,27,28)(H,29,32)/t15-,19-,20-/m0/s1.